The number of benzene rings is 1. The van der Waals surface area contributed by atoms with E-state index in [0.717, 1.165) is 5.56 Å². The third kappa shape index (κ3) is 6.68. The van der Waals surface area contributed by atoms with Crippen LogP contribution in [0.2, 0.25) is 0 Å². The van der Waals surface area contributed by atoms with Crippen LogP contribution in [0.3, 0.4) is 0 Å². The van der Waals surface area contributed by atoms with Crippen molar-refractivity contribution < 1.29 is 23.1 Å². The third-order valence-corrected chi connectivity index (χ3v) is 5.55. The molecule has 0 bridgehead atoms. The number of morpholine rings is 1. The molecule has 1 amide bonds. The third-order valence-electron chi connectivity index (χ3n) is 4.28. The Morgan fingerprint density at radius 1 is 1.42 bits per heavy atom. The maximum Gasteiger partial charge on any atom is 0.251 e. The van der Waals surface area contributed by atoms with Crippen LogP contribution in [0.15, 0.2) is 24.3 Å². The van der Waals surface area contributed by atoms with Crippen LogP contribution >= 0.6 is 0 Å². The van der Waals surface area contributed by atoms with Crippen molar-refractivity contribution in [2.24, 2.45) is 0 Å². The van der Waals surface area contributed by atoms with E-state index in [-0.39, 0.29) is 25.1 Å². The molecule has 0 unspecified atom stereocenters. The second-order valence-corrected chi connectivity index (χ2v) is 9.32. The highest BCUT2D eigenvalue weighted by molar-refractivity contribution is 7.88. The maximum absolute atomic E-state index is 12.4. The van der Waals surface area contributed by atoms with Gasteiger partial charge in [0.15, 0.2) is 0 Å². The van der Waals surface area contributed by atoms with Crippen LogP contribution in [-0.4, -0.2) is 67.9 Å². The average molecular weight is 384 g/mol. The number of aryl methyl sites for hydroxylation is 1. The summed E-state index contributed by atoms with van der Waals surface area (Å²) in [6.07, 6.45) is 2.10. The zero-order chi connectivity index (χ0) is 19.4. The lowest BCUT2D eigenvalue weighted by Gasteiger charge is -2.31. The molecule has 1 aliphatic rings. The Morgan fingerprint density at radius 3 is 2.81 bits per heavy atom. The Hall–Kier alpha value is -1.48. The molecule has 0 radical (unpaired) electrons. The zero-order valence-corrected chi connectivity index (χ0v) is 16.4. The van der Waals surface area contributed by atoms with Crippen molar-refractivity contribution in [3.63, 3.8) is 0 Å². The number of rotatable bonds is 7. The van der Waals surface area contributed by atoms with Gasteiger partial charge in [-0.2, -0.15) is 4.31 Å². The van der Waals surface area contributed by atoms with Crippen LogP contribution in [0.25, 0.3) is 0 Å². The summed E-state index contributed by atoms with van der Waals surface area (Å²) in [6.45, 7) is 4.66. The van der Waals surface area contributed by atoms with Crippen molar-refractivity contribution in [3.05, 3.63) is 35.4 Å². The van der Waals surface area contributed by atoms with Gasteiger partial charge in [-0.3, -0.25) is 4.79 Å². The van der Waals surface area contributed by atoms with Gasteiger partial charge in [0.05, 0.1) is 24.6 Å². The smallest absolute Gasteiger partial charge is 0.251 e. The lowest BCUT2D eigenvalue weighted by molar-refractivity contribution is 0.000438. The highest BCUT2D eigenvalue weighted by Crippen LogP contribution is 2.14. The van der Waals surface area contributed by atoms with E-state index in [0.29, 0.717) is 31.6 Å². The summed E-state index contributed by atoms with van der Waals surface area (Å²) in [7, 11) is -3.25. The van der Waals surface area contributed by atoms with Crippen LogP contribution in [0.1, 0.15) is 36.2 Å². The van der Waals surface area contributed by atoms with Gasteiger partial charge in [-0.25, -0.2) is 8.42 Å². The van der Waals surface area contributed by atoms with Crippen molar-refractivity contribution in [1.82, 2.24) is 9.62 Å². The van der Waals surface area contributed by atoms with Crippen LogP contribution in [0.5, 0.6) is 0 Å². The molecular formula is C18H28N2O5S. The minimum absolute atomic E-state index is 0.227. The minimum Gasteiger partial charge on any atom is -0.390 e. The zero-order valence-electron chi connectivity index (χ0n) is 15.6. The monoisotopic (exact) mass is 384 g/mol. The lowest BCUT2D eigenvalue weighted by atomic mass is 9.98. The Labute approximate surface area is 155 Å². The van der Waals surface area contributed by atoms with Gasteiger partial charge in [-0.1, -0.05) is 12.1 Å². The van der Waals surface area contributed by atoms with Crippen molar-refractivity contribution in [3.8, 4) is 0 Å². The summed E-state index contributed by atoms with van der Waals surface area (Å²) in [5, 5.41) is 12.6. The van der Waals surface area contributed by atoms with Gasteiger partial charge in [0, 0.05) is 25.2 Å². The van der Waals surface area contributed by atoms with Gasteiger partial charge < -0.3 is 15.2 Å². The van der Waals surface area contributed by atoms with Crippen LogP contribution in [-0.2, 0) is 21.2 Å². The van der Waals surface area contributed by atoms with Crippen molar-refractivity contribution in [1.29, 1.82) is 0 Å². The summed E-state index contributed by atoms with van der Waals surface area (Å²) >= 11 is 0. The number of carbonyl (C=O) groups excluding carboxylic acids is 1. The summed E-state index contributed by atoms with van der Waals surface area (Å²) in [5.74, 6) is -0.227. The number of nitrogens with zero attached hydrogens (tertiary/aromatic N) is 1. The molecule has 1 aliphatic heterocycles. The Balaban J connectivity index is 1.89. The van der Waals surface area contributed by atoms with Gasteiger partial charge in [0.2, 0.25) is 10.0 Å². The molecule has 1 heterocycles. The van der Waals surface area contributed by atoms with E-state index in [9.17, 15) is 18.3 Å². The van der Waals surface area contributed by atoms with E-state index in [1.807, 2.05) is 18.2 Å². The summed E-state index contributed by atoms with van der Waals surface area (Å²) < 4.78 is 30.2. The lowest BCUT2D eigenvalue weighted by Crippen LogP contribution is -2.49. The van der Waals surface area contributed by atoms with Gasteiger partial charge in [-0.15, -0.1) is 0 Å². The molecule has 1 atom stereocenters. The molecule has 1 aromatic carbocycles. The van der Waals surface area contributed by atoms with Crippen LogP contribution < -0.4 is 5.32 Å². The number of hydrogen-bond donors (Lipinski definition) is 2. The van der Waals surface area contributed by atoms with Crippen molar-refractivity contribution in [2.75, 3.05) is 32.5 Å². The van der Waals surface area contributed by atoms with Crippen molar-refractivity contribution in [2.45, 2.75) is 38.4 Å². The first kappa shape index (κ1) is 20.8. The standard InChI is InChI=1S/C18H28N2O5S/c1-18(2,22)8-7-14-5-4-6-15(11-14)17(21)19-12-16-13-20(9-10-25-16)26(3,23)24/h4-6,11,16,22H,7-10,12-13H2,1-3H3,(H,19,21)/t16-/m0/s1. The van der Waals surface area contributed by atoms with Crippen LogP contribution in [0, 0.1) is 0 Å². The largest absolute Gasteiger partial charge is 0.390 e. The topological polar surface area (TPSA) is 95.9 Å². The molecule has 1 fully saturated rings. The molecule has 146 valence electrons. The van der Waals surface area contributed by atoms with Gasteiger partial charge in [0.1, 0.15) is 0 Å². The molecule has 7 nitrogen and oxygen atoms in total. The second-order valence-electron chi connectivity index (χ2n) is 7.34. The molecular weight excluding hydrogens is 356 g/mol. The number of sulfonamides is 1. The quantitative estimate of drug-likeness (QED) is 0.724. The maximum atomic E-state index is 12.4. The normalized spacial score (nSPS) is 19.3. The van der Waals surface area contributed by atoms with E-state index < -0.39 is 15.6 Å². The summed E-state index contributed by atoms with van der Waals surface area (Å²) in [6, 6.07) is 7.28. The number of nitrogens with one attached hydrogen (secondary N) is 1. The number of hydrogen-bond acceptors (Lipinski definition) is 5. The van der Waals surface area contributed by atoms with Crippen molar-refractivity contribution >= 4 is 15.9 Å². The van der Waals surface area contributed by atoms with E-state index in [2.05, 4.69) is 5.32 Å². The molecule has 0 aromatic heterocycles. The number of ether oxygens (including phenoxy) is 1. The molecule has 8 heteroatoms. The molecule has 0 spiro atoms. The Morgan fingerprint density at radius 2 is 2.15 bits per heavy atom. The number of aliphatic hydroxyl groups is 1. The first-order chi connectivity index (χ1) is 12.0. The Kier molecular flexibility index (Phi) is 6.79. The molecule has 0 aliphatic carbocycles. The predicted octanol–water partition coefficient (Wildman–Crippen LogP) is 0.780. The highest BCUT2D eigenvalue weighted by atomic mass is 32.2. The fraction of sp³-hybridized carbons (Fsp3) is 0.611. The summed E-state index contributed by atoms with van der Waals surface area (Å²) in [5.41, 5.74) is 0.771. The Bertz CT molecular complexity index is 727. The van der Waals surface area contributed by atoms with E-state index in [1.165, 1.54) is 10.6 Å². The molecule has 0 saturated carbocycles. The van der Waals surface area contributed by atoms with Crippen LogP contribution in [0.4, 0.5) is 0 Å². The fourth-order valence-electron chi connectivity index (χ4n) is 2.74. The molecule has 2 N–H and O–H groups in total. The molecule has 1 aromatic rings. The molecule has 2 rings (SSSR count). The van der Waals surface area contributed by atoms with Gasteiger partial charge in [0.25, 0.3) is 5.91 Å². The van der Waals surface area contributed by atoms with Gasteiger partial charge in [-0.05, 0) is 44.4 Å². The number of carbonyl (C=O) groups is 1. The number of amides is 1. The van der Waals surface area contributed by atoms with E-state index in [1.54, 1.807) is 19.9 Å². The van der Waals surface area contributed by atoms with Gasteiger partial charge >= 0.3 is 0 Å². The second kappa shape index (κ2) is 8.47. The van der Waals surface area contributed by atoms with E-state index in [4.69, 9.17) is 4.74 Å². The highest BCUT2D eigenvalue weighted by Gasteiger charge is 2.26. The molecule has 26 heavy (non-hydrogen) atoms. The summed E-state index contributed by atoms with van der Waals surface area (Å²) in [4.78, 5) is 12.4. The van der Waals surface area contributed by atoms with E-state index >= 15 is 0 Å². The minimum atomic E-state index is -3.25. The first-order valence-electron chi connectivity index (χ1n) is 8.71. The first-order valence-corrected chi connectivity index (χ1v) is 10.6. The predicted molar refractivity (Wildman–Crippen MR) is 99.6 cm³/mol. The fourth-order valence-corrected chi connectivity index (χ4v) is 3.59. The molecule has 1 saturated heterocycles. The average Bonchev–Trinajstić information content (AvgIpc) is 2.57. The SMILES string of the molecule is CC(C)(O)CCc1cccc(C(=O)NC[C@H]2CN(S(C)(=O)=O)CCO2)c1.